The number of benzene rings is 2. The van der Waals surface area contributed by atoms with E-state index < -0.39 is 0 Å². The third-order valence-electron chi connectivity index (χ3n) is 5.33. The predicted octanol–water partition coefficient (Wildman–Crippen LogP) is 4.03. The Morgan fingerprint density at radius 2 is 1.75 bits per heavy atom. The Morgan fingerprint density at radius 3 is 2.47 bits per heavy atom. The van der Waals surface area contributed by atoms with Crippen molar-refractivity contribution >= 4 is 16.9 Å². The Labute approximate surface area is 187 Å². The Kier molecular flexibility index (Phi) is 6.07. The number of aryl methyl sites for hydroxylation is 2. The lowest BCUT2D eigenvalue weighted by molar-refractivity contribution is 0.0955. The van der Waals surface area contributed by atoms with E-state index in [1.165, 1.54) is 0 Å². The molecule has 0 unspecified atom stereocenters. The number of carbonyl (C=O) groups is 1. The van der Waals surface area contributed by atoms with Crippen LogP contribution in [0.2, 0.25) is 0 Å². The number of hydrogen-bond donors (Lipinski definition) is 1. The van der Waals surface area contributed by atoms with Gasteiger partial charge in [-0.3, -0.25) is 4.79 Å². The number of fused-ring (bicyclic) bond motifs is 1. The average molecular weight is 431 g/mol. The first-order chi connectivity index (χ1) is 15.5. The first-order valence-corrected chi connectivity index (χ1v) is 10.4. The van der Waals surface area contributed by atoms with Crippen LogP contribution in [0, 0.1) is 13.8 Å². The molecular weight excluding hydrogens is 404 g/mol. The molecule has 0 spiro atoms. The Morgan fingerprint density at radius 1 is 1.00 bits per heavy atom. The average Bonchev–Trinajstić information content (AvgIpc) is 3.14. The summed E-state index contributed by atoms with van der Waals surface area (Å²) in [6, 6.07) is 17.4. The molecule has 164 valence electrons. The number of pyridine rings is 1. The van der Waals surface area contributed by atoms with Crippen molar-refractivity contribution in [3.8, 4) is 17.2 Å². The quantitative estimate of drug-likeness (QED) is 0.479. The second-order valence-electron chi connectivity index (χ2n) is 7.54. The number of nitrogens with zero attached hydrogens (tertiary/aromatic N) is 3. The van der Waals surface area contributed by atoms with Crippen molar-refractivity contribution in [2.75, 3.05) is 20.8 Å². The fourth-order valence-corrected chi connectivity index (χ4v) is 3.79. The van der Waals surface area contributed by atoms with Crippen LogP contribution < -0.4 is 14.8 Å². The summed E-state index contributed by atoms with van der Waals surface area (Å²) in [6.07, 6.45) is 0.668. The molecule has 0 saturated carbocycles. The van der Waals surface area contributed by atoms with E-state index in [2.05, 4.69) is 15.4 Å². The van der Waals surface area contributed by atoms with Gasteiger partial charge in [0.15, 0.2) is 17.1 Å². The van der Waals surface area contributed by atoms with E-state index in [0.29, 0.717) is 35.7 Å². The highest BCUT2D eigenvalue weighted by atomic mass is 16.5. The number of amides is 1. The molecule has 0 aliphatic rings. The molecule has 0 saturated heterocycles. The number of para-hydroxylation sites is 1. The van der Waals surface area contributed by atoms with Crippen molar-refractivity contribution in [1.82, 2.24) is 20.1 Å². The van der Waals surface area contributed by atoms with Crippen LogP contribution in [0.5, 0.6) is 11.5 Å². The summed E-state index contributed by atoms with van der Waals surface area (Å²) in [5, 5.41) is 8.46. The van der Waals surface area contributed by atoms with E-state index in [4.69, 9.17) is 9.47 Å². The fraction of sp³-hybridized carbons (Fsp3) is 0.240. The maximum Gasteiger partial charge on any atom is 0.252 e. The lowest BCUT2D eigenvalue weighted by Crippen LogP contribution is -2.26. The molecule has 32 heavy (non-hydrogen) atoms. The van der Waals surface area contributed by atoms with E-state index in [0.717, 1.165) is 28.0 Å². The Balaban J connectivity index is 1.57. The van der Waals surface area contributed by atoms with Crippen LogP contribution in [0.15, 0.2) is 54.6 Å². The van der Waals surface area contributed by atoms with Crippen LogP contribution in [0.4, 0.5) is 0 Å². The maximum absolute atomic E-state index is 13.1. The van der Waals surface area contributed by atoms with Gasteiger partial charge in [-0.2, -0.15) is 5.10 Å². The molecule has 0 bridgehead atoms. The zero-order valence-corrected chi connectivity index (χ0v) is 18.7. The summed E-state index contributed by atoms with van der Waals surface area (Å²) in [5.74, 6) is 1.21. The molecule has 1 N–H and O–H groups in total. The summed E-state index contributed by atoms with van der Waals surface area (Å²) in [5.41, 5.74) is 4.75. The molecular formula is C25H26N4O3. The number of ether oxygens (including phenoxy) is 2. The first kappa shape index (κ1) is 21.4. The molecule has 1 amide bonds. The van der Waals surface area contributed by atoms with Crippen molar-refractivity contribution in [1.29, 1.82) is 0 Å². The van der Waals surface area contributed by atoms with E-state index in [9.17, 15) is 4.79 Å². The minimum atomic E-state index is -0.142. The van der Waals surface area contributed by atoms with Gasteiger partial charge in [0.25, 0.3) is 5.91 Å². The topological polar surface area (TPSA) is 78.3 Å². The summed E-state index contributed by atoms with van der Waals surface area (Å²) >= 11 is 0. The van der Waals surface area contributed by atoms with Gasteiger partial charge in [0.05, 0.1) is 36.6 Å². The smallest absolute Gasteiger partial charge is 0.252 e. The number of hydrogen-bond acceptors (Lipinski definition) is 5. The highest BCUT2D eigenvalue weighted by Crippen LogP contribution is 2.28. The lowest BCUT2D eigenvalue weighted by Gasteiger charge is -2.11. The number of rotatable bonds is 7. The summed E-state index contributed by atoms with van der Waals surface area (Å²) in [6.45, 7) is 4.28. The number of methoxy groups -OCH3 is 2. The molecule has 7 heteroatoms. The minimum absolute atomic E-state index is 0.142. The monoisotopic (exact) mass is 430 g/mol. The molecule has 0 aliphatic heterocycles. The van der Waals surface area contributed by atoms with Crippen molar-refractivity contribution < 1.29 is 14.3 Å². The van der Waals surface area contributed by atoms with E-state index in [1.54, 1.807) is 18.9 Å². The summed E-state index contributed by atoms with van der Waals surface area (Å²) < 4.78 is 12.4. The maximum atomic E-state index is 13.1. The second kappa shape index (κ2) is 9.09. The van der Waals surface area contributed by atoms with Gasteiger partial charge in [-0.15, -0.1) is 0 Å². The first-order valence-electron chi connectivity index (χ1n) is 10.4. The van der Waals surface area contributed by atoms with Gasteiger partial charge in [0.2, 0.25) is 0 Å². The highest BCUT2D eigenvalue weighted by molar-refractivity contribution is 6.06. The molecule has 4 rings (SSSR count). The Bertz CT molecular complexity index is 1270. The second-order valence-corrected chi connectivity index (χ2v) is 7.54. The number of aromatic nitrogens is 3. The van der Waals surface area contributed by atoms with Gasteiger partial charge in [0, 0.05) is 12.2 Å². The SMILES string of the molecule is COc1ccc(CCNC(=O)c2cc(C)nc3c2c(C)nn3-c2ccccc2)cc1OC. The third kappa shape index (κ3) is 4.14. The normalized spacial score (nSPS) is 10.9. The van der Waals surface area contributed by atoms with E-state index in [1.807, 2.05) is 68.4 Å². The predicted molar refractivity (Wildman–Crippen MR) is 124 cm³/mol. The van der Waals surface area contributed by atoms with Gasteiger partial charge in [0.1, 0.15) is 0 Å². The van der Waals surface area contributed by atoms with E-state index in [-0.39, 0.29) is 5.91 Å². The summed E-state index contributed by atoms with van der Waals surface area (Å²) in [4.78, 5) is 17.8. The van der Waals surface area contributed by atoms with Gasteiger partial charge < -0.3 is 14.8 Å². The van der Waals surface area contributed by atoms with Crippen LogP contribution in [-0.2, 0) is 6.42 Å². The fourth-order valence-electron chi connectivity index (χ4n) is 3.79. The van der Waals surface area contributed by atoms with Gasteiger partial charge in [-0.1, -0.05) is 24.3 Å². The van der Waals surface area contributed by atoms with Crippen LogP contribution in [0.1, 0.15) is 27.3 Å². The molecule has 2 aromatic carbocycles. The number of nitrogens with one attached hydrogen (secondary N) is 1. The van der Waals surface area contributed by atoms with Gasteiger partial charge in [-0.25, -0.2) is 9.67 Å². The van der Waals surface area contributed by atoms with Crippen LogP contribution in [-0.4, -0.2) is 41.4 Å². The zero-order chi connectivity index (χ0) is 22.7. The molecule has 2 heterocycles. The highest BCUT2D eigenvalue weighted by Gasteiger charge is 2.19. The van der Waals surface area contributed by atoms with Crippen molar-refractivity contribution in [3.05, 3.63) is 77.1 Å². The molecule has 4 aromatic rings. The van der Waals surface area contributed by atoms with Gasteiger partial charge in [-0.05, 0) is 56.2 Å². The van der Waals surface area contributed by atoms with Crippen LogP contribution in [0.3, 0.4) is 0 Å². The standard InChI is InChI=1S/C25H26N4O3/c1-16-14-20(23-17(2)28-29(24(23)27-16)19-8-6-5-7-9-19)25(30)26-13-12-18-10-11-21(31-3)22(15-18)32-4/h5-11,14-15H,12-13H2,1-4H3,(H,26,30). The van der Waals surface area contributed by atoms with Crippen LogP contribution >= 0.6 is 0 Å². The van der Waals surface area contributed by atoms with Crippen molar-refractivity contribution in [2.45, 2.75) is 20.3 Å². The van der Waals surface area contributed by atoms with E-state index >= 15 is 0 Å². The van der Waals surface area contributed by atoms with Gasteiger partial charge >= 0.3 is 0 Å². The molecule has 0 atom stereocenters. The largest absolute Gasteiger partial charge is 0.493 e. The van der Waals surface area contributed by atoms with Crippen LogP contribution in [0.25, 0.3) is 16.7 Å². The molecule has 0 radical (unpaired) electrons. The third-order valence-corrected chi connectivity index (χ3v) is 5.33. The molecule has 7 nitrogen and oxygen atoms in total. The summed E-state index contributed by atoms with van der Waals surface area (Å²) in [7, 11) is 3.22. The number of carbonyl (C=O) groups excluding carboxylic acids is 1. The lowest BCUT2D eigenvalue weighted by atomic mass is 10.1. The van der Waals surface area contributed by atoms with Crippen molar-refractivity contribution in [3.63, 3.8) is 0 Å². The molecule has 0 fully saturated rings. The molecule has 2 aromatic heterocycles. The molecule has 0 aliphatic carbocycles. The van der Waals surface area contributed by atoms with Crippen molar-refractivity contribution in [2.24, 2.45) is 0 Å². The Hall–Kier alpha value is -3.87. The zero-order valence-electron chi connectivity index (χ0n) is 18.7. The minimum Gasteiger partial charge on any atom is -0.493 e.